The van der Waals surface area contributed by atoms with Crippen LogP contribution < -0.4 is 4.90 Å². The normalized spacial score (nSPS) is 20.6. The third-order valence-corrected chi connectivity index (χ3v) is 3.99. The van der Waals surface area contributed by atoms with Crippen molar-refractivity contribution in [2.45, 2.75) is 13.3 Å². The minimum Gasteiger partial charge on any atom is -0.312 e. The van der Waals surface area contributed by atoms with Crippen LogP contribution >= 0.6 is 34.2 Å². The second-order valence-electron chi connectivity index (χ2n) is 4.16. The fourth-order valence-electron chi connectivity index (χ4n) is 1.99. The minimum absolute atomic E-state index is 0.191. The number of anilines is 1. The van der Waals surface area contributed by atoms with Gasteiger partial charge in [-0.1, -0.05) is 6.07 Å². The highest BCUT2D eigenvalue weighted by Crippen LogP contribution is 2.29. The molecule has 1 atom stereocenters. The molecule has 0 radical (unpaired) electrons. The Morgan fingerprint density at radius 1 is 1.56 bits per heavy atom. The summed E-state index contributed by atoms with van der Waals surface area (Å²) in [4.78, 5) is 13.7. The van der Waals surface area contributed by atoms with E-state index in [9.17, 15) is 4.79 Å². The van der Waals surface area contributed by atoms with Gasteiger partial charge in [-0.2, -0.15) is 0 Å². The summed E-state index contributed by atoms with van der Waals surface area (Å²) in [7, 11) is 0. The van der Waals surface area contributed by atoms with E-state index < -0.39 is 0 Å². The average molecular weight is 350 g/mol. The number of benzene rings is 1. The molecule has 1 aliphatic rings. The van der Waals surface area contributed by atoms with Crippen LogP contribution in [0.4, 0.5) is 5.69 Å². The van der Waals surface area contributed by atoms with E-state index in [1.54, 1.807) is 0 Å². The number of aryl methyl sites for hydroxylation is 1. The van der Waals surface area contributed by atoms with Crippen molar-refractivity contribution in [1.82, 2.24) is 0 Å². The van der Waals surface area contributed by atoms with Crippen LogP contribution in [0.25, 0.3) is 0 Å². The first kappa shape index (κ1) is 12.2. The molecule has 0 bridgehead atoms. The number of carbonyl (C=O) groups excluding carboxylic acids is 1. The molecule has 0 spiro atoms. The van der Waals surface area contributed by atoms with E-state index in [-0.39, 0.29) is 5.91 Å². The highest BCUT2D eigenvalue weighted by atomic mass is 127. The maximum Gasteiger partial charge on any atom is 0.227 e. The van der Waals surface area contributed by atoms with Crippen LogP contribution in [0.3, 0.4) is 0 Å². The number of halogens is 2. The summed E-state index contributed by atoms with van der Waals surface area (Å²) in [5.41, 5.74) is 2.17. The van der Waals surface area contributed by atoms with E-state index in [1.807, 2.05) is 11.8 Å². The molecule has 0 N–H and O–H groups in total. The van der Waals surface area contributed by atoms with Crippen molar-refractivity contribution in [3.05, 3.63) is 27.3 Å². The Labute approximate surface area is 114 Å². The first-order valence-corrected chi connectivity index (χ1v) is 6.85. The van der Waals surface area contributed by atoms with Crippen molar-refractivity contribution in [2.75, 3.05) is 17.3 Å². The van der Waals surface area contributed by atoms with Gasteiger partial charge in [-0.25, -0.2) is 0 Å². The molecule has 16 heavy (non-hydrogen) atoms. The maximum atomic E-state index is 11.9. The molecular formula is C12H13ClINO. The molecule has 1 aliphatic heterocycles. The molecule has 1 unspecified atom stereocenters. The van der Waals surface area contributed by atoms with Crippen LogP contribution in [0, 0.1) is 16.4 Å². The third-order valence-electron chi connectivity index (χ3n) is 2.89. The average Bonchev–Trinajstić information content (AvgIpc) is 2.63. The topological polar surface area (TPSA) is 20.3 Å². The zero-order valence-electron chi connectivity index (χ0n) is 9.04. The molecular weight excluding hydrogens is 336 g/mol. The Hall–Kier alpha value is -0.290. The Kier molecular flexibility index (Phi) is 3.74. The number of amides is 1. The summed E-state index contributed by atoms with van der Waals surface area (Å²) in [6.07, 6.45) is 0.578. The van der Waals surface area contributed by atoms with Gasteiger partial charge < -0.3 is 4.90 Å². The van der Waals surface area contributed by atoms with Crippen molar-refractivity contribution in [1.29, 1.82) is 0 Å². The standard InChI is InChI=1S/C12H13ClINO/c1-8-2-3-10(14)5-11(8)15-7-9(6-13)4-12(15)16/h2-3,5,9H,4,6-7H2,1H3. The van der Waals surface area contributed by atoms with Crippen molar-refractivity contribution in [3.8, 4) is 0 Å². The summed E-state index contributed by atoms with van der Waals surface area (Å²) < 4.78 is 1.15. The molecule has 1 saturated heterocycles. The monoisotopic (exact) mass is 349 g/mol. The Balaban J connectivity index is 2.30. The van der Waals surface area contributed by atoms with Crippen LogP contribution in [0.1, 0.15) is 12.0 Å². The summed E-state index contributed by atoms with van der Waals surface area (Å²) in [6, 6.07) is 6.17. The van der Waals surface area contributed by atoms with Gasteiger partial charge in [0.05, 0.1) is 0 Å². The van der Waals surface area contributed by atoms with Gasteiger partial charge in [0, 0.05) is 28.1 Å². The smallest absolute Gasteiger partial charge is 0.227 e. The largest absolute Gasteiger partial charge is 0.312 e. The molecule has 2 nitrogen and oxygen atoms in total. The van der Waals surface area contributed by atoms with Gasteiger partial charge in [-0.05, 0) is 53.1 Å². The maximum absolute atomic E-state index is 11.9. The van der Waals surface area contributed by atoms with Crippen molar-refractivity contribution in [2.24, 2.45) is 5.92 Å². The van der Waals surface area contributed by atoms with Crippen molar-refractivity contribution in [3.63, 3.8) is 0 Å². The first-order valence-electron chi connectivity index (χ1n) is 5.24. The molecule has 0 saturated carbocycles. The summed E-state index contributed by atoms with van der Waals surface area (Å²) in [5, 5.41) is 0. The summed E-state index contributed by atoms with van der Waals surface area (Å²) >= 11 is 8.08. The quantitative estimate of drug-likeness (QED) is 0.593. The van der Waals surface area contributed by atoms with E-state index >= 15 is 0 Å². The SMILES string of the molecule is Cc1ccc(I)cc1N1CC(CCl)CC1=O. The van der Waals surface area contributed by atoms with E-state index in [2.05, 4.69) is 40.8 Å². The fraction of sp³-hybridized carbons (Fsp3) is 0.417. The number of nitrogens with zero attached hydrogens (tertiary/aromatic N) is 1. The minimum atomic E-state index is 0.191. The van der Waals surface area contributed by atoms with Gasteiger partial charge in [0.2, 0.25) is 5.91 Å². The Bertz CT molecular complexity index is 421. The third kappa shape index (κ3) is 2.35. The molecule has 4 heteroatoms. The number of rotatable bonds is 2. The molecule has 86 valence electrons. The molecule has 2 rings (SSSR count). The molecule has 1 aromatic rings. The van der Waals surface area contributed by atoms with Crippen molar-refractivity contribution >= 4 is 45.8 Å². The van der Waals surface area contributed by atoms with Crippen molar-refractivity contribution < 1.29 is 4.79 Å². The number of alkyl halides is 1. The van der Waals surface area contributed by atoms with Crippen LogP contribution in [-0.4, -0.2) is 18.3 Å². The fourth-order valence-corrected chi connectivity index (χ4v) is 2.67. The van der Waals surface area contributed by atoms with Gasteiger partial charge in [-0.3, -0.25) is 4.79 Å². The molecule has 1 aromatic carbocycles. The van der Waals surface area contributed by atoms with Gasteiger partial charge in [0.25, 0.3) is 0 Å². The van der Waals surface area contributed by atoms with Gasteiger partial charge >= 0.3 is 0 Å². The van der Waals surface area contributed by atoms with Crippen LogP contribution in [0.2, 0.25) is 0 Å². The second-order valence-corrected chi connectivity index (χ2v) is 5.71. The summed E-state index contributed by atoms with van der Waals surface area (Å²) in [5.74, 6) is 1.05. The lowest BCUT2D eigenvalue weighted by Gasteiger charge is -2.19. The first-order chi connectivity index (χ1) is 7.61. The molecule has 1 fully saturated rings. The predicted octanol–water partition coefficient (Wildman–Crippen LogP) is 3.19. The number of hydrogen-bond donors (Lipinski definition) is 0. The number of carbonyl (C=O) groups is 1. The lowest BCUT2D eigenvalue weighted by atomic mass is 10.1. The van der Waals surface area contributed by atoms with E-state index in [1.165, 1.54) is 0 Å². The van der Waals surface area contributed by atoms with Crippen LogP contribution in [-0.2, 0) is 4.79 Å². The lowest BCUT2D eigenvalue weighted by Crippen LogP contribution is -2.25. The van der Waals surface area contributed by atoms with Gasteiger partial charge in [-0.15, -0.1) is 11.6 Å². The zero-order chi connectivity index (χ0) is 11.7. The zero-order valence-corrected chi connectivity index (χ0v) is 12.0. The van der Waals surface area contributed by atoms with E-state index in [0.29, 0.717) is 18.2 Å². The van der Waals surface area contributed by atoms with Crippen LogP contribution in [0.5, 0.6) is 0 Å². The number of hydrogen-bond acceptors (Lipinski definition) is 1. The Morgan fingerprint density at radius 3 is 2.94 bits per heavy atom. The van der Waals surface area contributed by atoms with E-state index in [0.717, 1.165) is 21.4 Å². The molecule has 1 amide bonds. The predicted molar refractivity (Wildman–Crippen MR) is 75.1 cm³/mol. The molecule has 0 aromatic heterocycles. The summed E-state index contributed by atoms with van der Waals surface area (Å²) in [6.45, 7) is 2.79. The van der Waals surface area contributed by atoms with E-state index in [4.69, 9.17) is 11.6 Å². The van der Waals surface area contributed by atoms with Gasteiger partial charge in [0.1, 0.15) is 0 Å². The lowest BCUT2D eigenvalue weighted by molar-refractivity contribution is -0.117. The molecule has 1 heterocycles. The Morgan fingerprint density at radius 2 is 2.31 bits per heavy atom. The molecule has 0 aliphatic carbocycles. The highest BCUT2D eigenvalue weighted by molar-refractivity contribution is 14.1. The highest BCUT2D eigenvalue weighted by Gasteiger charge is 2.30. The second kappa shape index (κ2) is 4.92. The van der Waals surface area contributed by atoms with Crippen LogP contribution in [0.15, 0.2) is 18.2 Å². The van der Waals surface area contributed by atoms with Gasteiger partial charge in [0.15, 0.2) is 0 Å².